The second-order valence-corrected chi connectivity index (χ2v) is 7.38. The third-order valence-electron chi connectivity index (χ3n) is 3.36. The van der Waals surface area contributed by atoms with E-state index in [2.05, 4.69) is 46.9 Å². The lowest BCUT2D eigenvalue weighted by Gasteiger charge is -2.13. The van der Waals surface area contributed by atoms with Crippen LogP contribution in [0.3, 0.4) is 0 Å². The highest BCUT2D eigenvalue weighted by Crippen LogP contribution is 2.29. The van der Waals surface area contributed by atoms with Crippen LogP contribution < -0.4 is 5.32 Å². The molecule has 0 aliphatic rings. The molecule has 1 amide bonds. The Bertz CT molecular complexity index is 800. The fourth-order valence-corrected chi connectivity index (χ4v) is 4.10. The normalized spacial score (nSPS) is 11.5. The maximum atomic E-state index is 12.6. The summed E-state index contributed by atoms with van der Waals surface area (Å²) >= 11 is 3.09. The Morgan fingerprint density at radius 2 is 2.23 bits per heavy atom. The number of hydrogen-bond acceptors (Lipinski definition) is 5. The van der Waals surface area contributed by atoms with E-state index in [1.807, 2.05) is 11.4 Å². The first-order chi connectivity index (χ1) is 10.6. The number of carbonyl (C=O) groups excluding carboxylic acids is 1. The molecule has 3 rings (SSSR count). The molecule has 1 N–H and O–H groups in total. The highest BCUT2D eigenvalue weighted by atomic mass is 32.1. The third-order valence-corrected chi connectivity index (χ3v) is 5.11. The maximum absolute atomic E-state index is 12.6. The van der Waals surface area contributed by atoms with Crippen LogP contribution in [0.1, 0.15) is 48.7 Å². The second-order valence-electron chi connectivity index (χ2n) is 5.37. The number of carbonyl (C=O) groups is 1. The molecule has 116 valence electrons. The molecule has 0 bridgehead atoms. The summed E-state index contributed by atoms with van der Waals surface area (Å²) in [6, 6.07) is 4.22. The van der Waals surface area contributed by atoms with Crippen molar-refractivity contribution in [2.45, 2.75) is 39.7 Å². The molecule has 0 saturated carbocycles. The molecule has 0 unspecified atom stereocenters. The van der Waals surface area contributed by atoms with Gasteiger partial charge in [0.15, 0.2) is 0 Å². The van der Waals surface area contributed by atoms with Crippen molar-refractivity contribution in [1.82, 2.24) is 14.8 Å². The molecular weight excluding hydrogens is 316 g/mol. The lowest BCUT2D eigenvalue weighted by atomic mass is 10.3. The van der Waals surface area contributed by atoms with Crippen molar-refractivity contribution in [1.29, 1.82) is 0 Å². The largest absolute Gasteiger partial charge is 0.333 e. The fraction of sp³-hybridized carbons (Fsp3) is 0.400. The minimum atomic E-state index is -0.128. The van der Waals surface area contributed by atoms with Gasteiger partial charge < -0.3 is 4.57 Å². The van der Waals surface area contributed by atoms with Gasteiger partial charge in [-0.2, -0.15) is 0 Å². The number of aromatic nitrogens is 3. The molecule has 0 aliphatic carbocycles. The summed E-state index contributed by atoms with van der Waals surface area (Å²) in [4.78, 5) is 12.6. The molecule has 0 aromatic carbocycles. The van der Waals surface area contributed by atoms with Gasteiger partial charge in [0.2, 0.25) is 5.13 Å². The molecule has 0 spiro atoms. The first-order valence-corrected chi connectivity index (χ1v) is 9.02. The number of rotatable bonds is 5. The van der Waals surface area contributed by atoms with Gasteiger partial charge in [-0.05, 0) is 37.8 Å². The Labute approximate surface area is 137 Å². The second kappa shape index (κ2) is 6.18. The number of nitrogens with zero attached hydrogens (tertiary/aromatic N) is 3. The van der Waals surface area contributed by atoms with Gasteiger partial charge in [0.25, 0.3) is 5.91 Å². The molecular formula is C15H18N4OS2. The van der Waals surface area contributed by atoms with Crippen molar-refractivity contribution in [2.75, 3.05) is 5.32 Å². The summed E-state index contributed by atoms with van der Waals surface area (Å²) in [6.07, 6.45) is 1.92. The Morgan fingerprint density at radius 1 is 1.41 bits per heavy atom. The van der Waals surface area contributed by atoms with Crippen LogP contribution >= 0.6 is 22.7 Å². The third kappa shape index (κ3) is 2.78. The number of thiophene rings is 1. The van der Waals surface area contributed by atoms with E-state index < -0.39 is 0 Å². The van der Waals surface area contributed by atoms with Gasteiger partial charge in [0, 0.05) is 12.5 Å². The molecule has 0 saturated heterocycles. The van der Waals surface area contributed by atoms with Gasteiger partial charge in [-0.3, -0.25) is 10.1 Å². The Hall–Kier alpha value is -1.73. The van der Waals surface area contributed by atoms with E-state index in [1.54, 1.807) is 11.3 Å². The Morgan fingerprint density at radius 3 is 2.95 bits per heavy atom. The van der Waals surface area contributed by atoms with E-state index in [1.165, 1.54) is 11.3 Å². The molecule has 3 heterocycles. The zero-order valence-electron chi connectivity index (χ0n) is 12.8. The zero-order chi connectivity index (χ0) is 15.7. The monoisotopic (exact) mass is 334 g/mol. The number of amides is 1. The lowest BCUT2D eigenvalue weighted by Crippen LogP contribution is -2.18. The highest BCUT2D eigenvalue weighted by molar-refractivity contribution is 7.17. The summed E-state index contributed by atoms with van der Waals surface area (Å²) in [7, 11) is 0. The van der Waals surface area contributed by atoms with Gasteiger partial charge >= 0.3 is 0 Å². The molecule has 0 atom stereocenters. The number of fused-ring (bicyclic) bond motifs is 1. The van der Waals surface area contributed by atoms with E-state index >= 15 is 0 Å². The van der Waals surface area contributed by atoms with Crippen molar-refractivity contribution in [3.8, 4) is 0 Å². The van der Waals surface area contributed by atoms with Crippen LogP contribution in [0.25, 0.3) is 10.2 Å². The Balaban J connectivity index is 1.88. The first kappa shape index (κ1) is 15.2. The number of anilines is 1. The summed E-state index contributed by atoms with van der Waals surface area (Å²) in [5, 5.41) is 14.6. The summed E-state index contributed by atoms with van der Waals surface area (Å²) < 4.78 is 3.19. The van der Waals surface area contributed by atoms with E-state index in [9.17, 15) is 4.79 Å². The molecule has 3 aromatic heterocycles. The zero-order valence-corrected chi connectivity index (χ0v) is 14.4. The van der Waals surface area contributed by atoms with E-state index in [0.717, 1.165) is 28.1 Å². The predicted octanol–water partition coefficient (Wildman–Crippen LogP) is 4.34. The van der Waals surface area contributed by atoms with Crippen molar-refractivity contribution < 1.29 is 4.79 Å². The summed E-state index contributed by atoms with van der Waals surface area (Å²) in [6.45, 7) is 6.26. The maximum Gasteiger partial charge on any atom is 0.274 e. The van der Waals surface area contributed by atoms with E-state index in [4.69, 9.17) is 0 Å². The van der Waals surface area contributed by atoms with Crippen LogP contribution in [-0.2, 0) is 6.42 Å². The van der Waals surface area contributed by atoms with Crippen molar-refractivity contribution >= 4 is 43.9 Å². The van der Waals surface area contributed by atoms with Crippen LogP contribution in [-0.4, -0.2) is 20.7 Å². The van der Waals surface area contributed by atoms with Crippen LogP contribution in [0.2, 0.25) is 0 Å². The molecule has 0 radical (unpaired) electrons. The quantitative estimate of drug-likeness (QED) is 0.755. The van der Waals surface area contributed by atoms with Crippen LogP contribution in [0, 0.1) is 0 Å². The number of hydrogen-bond donors (Lipinski definition) is 1. The van der Waals surface area contributed by atoms with Gasteiger partial charge in [-0.1, -0.05) is 18.3 Å². The van der Waals surface area contributed by atoms with E-state index in [-0.39, 0.29) is 11.9 Å². The molecule has 3 aromatic rings. The topological polar surface area (TPSA) is 59.8 Å². The lowest BCUT2D eigenvalue weighted by molar-refractivity contribution is 0.101. The standard InChI is InChI=1S/C15H18N4OS2/c1-4-5-13-17-18-15(22-13)16-14(20)11-8-12-10(6-7-21-12)19(11)9(2)3/h6-9H,4-5H2,1-3H3,(H,16,18,20). The molecule has 5 nitrogen and oxygen atoms in total. The molecule has 7 heteroatoms. The SMILES string of the molecule is CCCc1nnc(NC(=O)c2cc3sccc3n2C(C)C)s1. The van der Waals surface area contributed by atoms with Gasteiger partial charge in [0.1, 0.15) is 10.7 Å². The molecule has 0 aliphatic heterocycles. The fourth-order valence-electron chi connectivity index (χ4n) is 2.46. The number of aryl methyl sites for hydroxylation is 1. The predicted molar refractivity (Wildman–Crippen MR) is 92.1 cm³/mol. The van der Waals surface area contributed by atoms with Crippen molar-refractivity contribution in [3.63, 3.8) is 0 Å². The molecule has 22 heavy (non-hydrogen) atoms. The van der Waals surface area contributed by atoms with E-state index in [0.29, 0.717) is 10.8 Å². The average molecular weight is 334 g/mol. The summed E-state index contributed by atoms with van der Waals surface area (Å²) in [5.74, 6) is -0.128. The first-order valence-electron chi connectivity index (χ1n) is 7.32. The van der Waals surface area contributed by atoms with Gasteiger partial charge in [0.05, 0.1) is 10.2 Å². The minimum absolute atomic E-state index is 0.128. The molecule has 0 fully saturated rings. The van der Waals surface area contributed by atoms with Crippen molar-refractivity contribution in [3.05, 3.63) is 28.2 Å². The van der Waals surface area contributed by atoms with Gasteiger partial charge in [-0.25, -0.2) is 0 Å². The summed E-state index contributed by atoms with van der Waals surface area (Å²) in [5.41, 5.74) is 1.78. The Kier molecular flexibility index (Phi) is 4.26. The van der Waals surface area contributed by atoms with Crippen LogP contribution in [0.5, 0.6) is 0 Å². The van der Waals surface area contributed by atoms with Crippen molar-refractivity contribution in [2.24, 2.45) is 0 Å². The highest BCUT2D eigenvalue weighted by Gasteiger charge is 2.19. The van der Waals surface area contributed by atoms with Gasteiger partial charge in [-0.15, -0.1) is 21.5 Å². The van der Waals surface area contributed by atoms with Crippen LogP contribution in [0.15, 0.2) is 17.5 Å². The smallest absolute Gasteiger partial charge is 0.274 e. The minimum Gasteiger partial charge on any atom is -0.333 e. The van der Waals surface area contributed by atoms with Crippen LogP contribution in [0.4, 0.5) is 5.13 Å². The number of nitrogens with one attached hydrogen (secondary N) is 1. The average Bonchev–Trinajstić information content (AvgIpc) is 3.13.